The van der Waals surface area contributed by atoms with E-state index < -0.39 is 37.3 Å². The molecule has 0 aromatic heterocycles. The van der Waals surface area contributed by atoms with Crippen LogP contribution in [0.25, 0.3) is 0 Å². The lowest BCUT2D eigenvalue weighted by Crippen LogP contribution is -2.63. The van der Waals surface area contributed by atoms with E-state index in [0.717, 1.165) is 0 Å². The summed E-state index contributed by atoms with van der Waals surface area (Å²) in [5.41, 5.74) is 2.49. The fourth-order valence-corrected chi connectivity index (χ4v) is 2.05. The molecule has 0 saturated carbocycles. The summed E-state index contributed by atoms with van der Waals surface area (Å²) in [6.45, 7) is -0.294. The highest BCUT2D eigenvalue weighted by molar-refractivity contribution is 7.80. The molecule has 5 atom stereocenters. The first-order valence-corrected chi connectivity index (χ1v) is 5.48. The maximum atomic E-state index is 9.80. The van der Waals surface area contributed by atoms with Crippen LogP contribution in [0.4, 0.5) is 0 Å². The molecule has 2 aliphatic heterocycles. The molecule has 2 fully saturated rings. The SMILES string of the molecule is OC[C@H]1OC(N2CNOC2=S)[C@H](O)[C@@H](O)[C@@H]1O. The van der Waals surface area contributed by atoms with Crippen LogP contribution in [0.5, 0.6) is 0 Å². The van der Waals surface area contributed by atoms with Crippen molar-refractivity contribution in [2.45, 2.75) is 30.6 Å². The summed E-state index contributed by atoms with van der Waals surface area (Å²) in [5.74, 6) is 0. The van der Waals surface area contributed by atoms with Crippen molar-refractivity contribution in [2.24, 2.45) is 0 Å². The van der Waals surface area contributed by atoms with E-state index in [1.54, 1.807) is 0 Å². The van der Waals surface area contributed by atoms with Crippen molar-refractivity contribution >= 4 is 17.4 Å². The minimum atomic E-state index is -1.42. The molecule has 17 heavy (non-hydrogen) atoms. The van der Waals surface area contributed by atoms with Gasteiger partial charge in [-0.05, 0) is 12.2 Å². The Morgan fingerprint density at radius 3 is 2.53 bits per heavy atom. The molecule has 0 radical (unpaired) electrons. The fraction of sp³-hybridized carbons (Fsp3) is 0.875. The molecule has 0 spiro atoms. The largest absolute Gasteiger partial charge is 0.394 e. The van der Waals surface area contributed by atoms with Crippen molar-refractivity contribution in [1.82, 2.24) is 10.4 Å². The smallest absolute Gasteiger partial charge is 0.284 e. The molecule has 8 nitrogen and oxygen atoms in total. The van der Waals surface area contributed by atoms with Gasteiger partial charge in [-0.3, -0.25) is 4.90 Å². The fourth-order valence-electron chi connectivity index (χ4n) is 1.82. The molecule has 0 amide bonds. The Balaban J connectivity index is 2.13. The van der Waals surface area contributed by atoms with Crippen LogP contribution in [0.1, 0.15) is 0 Å². The van der Waals surface area contributed by atoms with Gasteiger partial charge in [-0.2, -0.15) is 0 Å². The van der Waals surface area contributed by atoms with Crippen molar-refractivity contribution in [3.63, 3.8) is 0 Å². The Hall–Kier alpha value is -0.550. The number of aliphatic hydroxyl groups excluding tert-OH is 4. The van der Waals surface area contributed by atoms with Crippen molar-refractivity contribution in [2.75, 3.05) is 13.3 Å². The summed E-state index contributed by atoms with van der Waals surface area (Å²) in [5, 5.41) is 38.1. The highest BCUT2D eigenvalue weighted by atomic mass is 32.1. The van der Waals surface area contributed by atoms with Gasteiger partial charge in [0.25, 0.3) is 5.17 Å². The Labute approximate surface area is 102 Å². The summed E-state index contributed by atoms with van der Waals surface area (Å²) in [6, 6.07) is 0. The topological polar surface area (TPSA) is 115 Å². The molecule has 0 bridgehead atoms. The predicted octanol–water partition coefficient (Wildman–Crippen LogP) is -3.13. The number of aliphatic hydroxyl groups is 4. The number of nitrogens with zero attached hydrogens (tertiary/aromatic N) is 1. The number of thiocarbonyl (C=S) groups is 1. The standard InChI is InChI=1S/C8H14N2O6S/c11-1-3-4(12)5(13)6(14)7(15-3)10-2-9-16-8(10)17/h3-7,9,11-14H,1-2H2/t3-,4-,5+,6-,7?/m1/s1. The third-order valence-electron chi connectivity index (χ3n) is 2.80. The van der Waals surface area contributed by atoms with Gasteiger partial charge in [-0.1, -0.05) is 0 Å². The summed E-state index contributed by atoms with van der Waals surface area (Å²) < 4.78 is 5.29. The second kappa shape index (κ2) is 4.98. The third kappa shape index (κ3) is 2.22. The van der Waals surface area contributed by atoms with E-state index in [0.29, 0.717) is 0 Å². The number of hydrogen-bond acceptors (Lipinski definition) is 8. The number of hydroxylamine groups is 1. The van der Waals surface area contributed by atoms with Crippen LogP contribution in [0.2, 0.25) is 0 Å². The molecule has 9 heteroatoms. The molecule has 5 N–H and O–H groups in total. The lowest BCUT2D eigenvalue weighted by atomic mass is 9.98. The second-order valence-electron chi connectivity index (χ2n) is 3.86. The zero-order valence-electron chi connectivity index (χ0n) is 8.76. The van der Waals surface area contributed by atoms with Crippen LogP contribution in [0.15, 0.2) is 0 Å². The molecule has 1 unspecified atom stereocenters. The van der Waals surface area contributed by atoms with Crippen LogP contribution in [-0.4, -0.2) is 74.4 Å². The molecular weight excluding hydrogens is 252 g/mol. The maximum absolute atomic E-state index is 9.80. The average molecular weight is 266 g/mol. The predicted molar refractivity (Wildman–Crippen MR) is 57.3 cm³/mol. The van der Waals surface area contributed by atoms with Gasteiger partial charge in [0, 0.05) is 0 Å². The Morgan fingerprint density at radius 1 is 1.29 bits per heavy atom. The van der Waals surface area contributed by atoms with Gasteiger partial charge in [0.15, 0.2) is 6.23 Å². The molecular formula is C8H14N2O6S. The molecule has 0 aromatic carbocycles. The summed E-state index contributed by atoms with van der Waals surface area (Å²) >= 11 is 4.86. The van der Waals surface area contributed by atoms with Gasteiger partial charge in [0.05, 0.1) is 6.61 Å². The highest BCUT2D eigenvalue weighted by Gasteiger charge is 2.47. The first kappa shape index (κ1) is 12.9. The van der Waals surface area contributed by atoms with Gasteiger partial charge in [0.2, 0.25) is 0 Å². The summed E-state index contributed by atoms with van der Waals surface area (Å²) in [7, 11) is 0. The lowest BCUT2D eigenvalue weighted by molar-refractivity contribution is -0.254. The highest BCUT2D eigenvalue weighted by Crippen LogP contribution is 2.24. The number of nitrogens with one attached hydrogen (secondary N) is 1. The molecule has 2 rings (SSSR count). The van der Waals surface area contributed by atoms with Gasteiger partial charge in [-0.25, -0.2) is 0 Å². The third-order valence-corrected chi connectivity index (χ3v) is 3.12. The second-order valence-corrected chi connectivity index (χ2v) is 4.21. The van der Waals surface area contributed by atoms with Crippen LogP contribution >= 0.6 is 12.2 Å². The Bertz CT molecular complexity index is 304. The van der Waals surface area contributed by atoms with Crippen molar-refractivity contribution in [3.05, 3.63) is 0 Å². The van der Waals surface area contributed by atoms with Crippen LogP contribution in [0, 0.1) is 0 Å². The quantitative estimate of drug-likeness (QED) is 0.331. The summed E-state index contributed by atoms with van der Waals surface area (Å²) in [6.07, 6.45) is -6.09. The number of rotatable bonds is 2. The van der Waals surface area contributed by atoms with Gasteiger partial charge >= 0.3 is 0 Å². The van der Waals surface area contributed by atoms with E-state index in [1.807, 2.05) is 0 Å². The van der Waals surface area contributed by atoms with Gasteiger partial charge < -0.3 is 30.0 Å². The normalized spacial score (nSPS) is 42.7. The van der Waals surface area contributed by atoms with E-state index in [2.05, 4.69) is 5.48 Å². The monoisotopic (exact) mass is 266 g/mol. The minimum absolute atomic E-state index is 0.0642. The molecule has 0 aliphatic carbocycles. The first-order valence-electron chi connectivity index (χ1n) is 5.07. The lowest BCUT2D eigenvalue weighted by Gasteiger charge is -2.42. The molecule has 98 valence electrons. The van der Waals surface area contributed by atoms with Crippen molar-refractivity contribution in [1.29, 1.82) is 0 Å². The Morgan fingerprint density at radius 2 is 2.00 bits per heavy atom. The molecule has 2 saturated heterocycles. The van der Waals surface area contributed by atoms with E-state index in [-0.39, 0.29) is 11.8 Å². The molecule has 2 aliphatic rings. The van der Waals surface area contributed by atoms with E-state index >= 15 is 0 Å². The van der Waals surface area contributed by atoms with Crippen LogP contribution in [0.3, 0.4) is 0 Å². The van der Waals surface area contributed by atoms with Crippen molar-refractivity contribution in [3.8, 4) is 0 Å². The maximum Gasteiger partial charge on any atom is 0.284 e. The van der Waals surface area contributed by atoms with Gasteiger partial charge in [0.1, 0.15) is 31.1 Å². The average Bonchev–Trinajstić information content (AvgIpc) is 2.73. The van der Waals surface area contributed by atoms with Crippen molar-refractivity contribution < 1.29 is 30.0 Å². The summed E-state index contributed by atoms with van der Waals surface area (Å²) in [4.78, 5) is 6.18. The zero-order valence-corrected chi connectivity index (χ0v) is 9.58. The zero-order chi connectivity index (χ0) is 12.6. The van der Waals surface area contributed by atoms with Crippen LogP contribution in [-0.2, 0) is 9.57 Å². The first-order chi connectivity index (χ1) is 8.06. The molecule has 0 aromatic rings. The molecule has 2 heterocycles. The van der Waals surface area contributed by atoms with Gasteiger partial charge in [-0.15, -0.1) is 5.48 Å². The van der Waals surface area contributed by atoms with Crippen LogP contribution < -0.4 is 5.48 Å². The van der Waals surface area contributed by atoms with E-state index in [9.17, 15) is 15.3 Å². The van der Waals surface area contributed by atoms with E-state index in [1.165, 1.54) is 4.90 Å². The minimum Gasteiger partial charge on any atom is -0.394 e. The van der Waals surface area contributed by atoms with E-state index in [4.69, 9.17) is 26.9 Å². The number of hydrogen-bond donors (Lipinski definition) is 5. The Kier molecular flexibility index (Phi) is 3.78. The number of ether oxygens (including phenoxy) is 1.